The molecular weight excluding hydrogens is 162 g/mol. The van der Waals surface area contributed by atoms with Crippen LogP contribution in [-0.4, -0.2) is 23.6 Å². The molecule has 0 aromatic carbocycles. The number of carbonyl (C=O) groups excluding carboxylic acids is 1. The smallest absolute Gasteiger partial charge is 0.315 e. The highest BCUT2D eigenvalue weighted by Gasteiger charge is 2.05. The topological polar surface area (TPSA) is 50.1 Å². The Bertz CT molecular complexity index is 164. The number of hydrogen-bond donors (Lipinski definition) is 0. The first-order chi connectivity index (χ1) is 5.20. The first kappa shape index (κ1) is 10.3. The maximum Gasteiger partial charge on any atom is 0.315 e. The molecule has 0 rings (SSSR count). The van der Waals surface area contributed by atoms with Crippen LogP contribution in [0.1, 0.15) is 13.8 Å². The van der Waals surface area contributed by atoms with Crippen molar-refractivity contribution in [1.29, 1.82) is 5.26 Å². The van der Waals surface area contributed by atoms with Crippen LogP contribution in [0.2, 0.25) is 0 Å². The molecule has 0 N–H and O–H groups in total. The van der Waals surface area contributed by atoms with Crippen LogP contribution in [0.25, 0.3) is 0 Å². The Labute approximate surface area is 70.7 Å². The number of rotatable bonds is 4. The summed E-state index contributed by atoms with van der Waals surface area (Å²) in [5.74, 6) is 0.0161. The van der Waals surface area contributed by atoms with E-state index in [4.69, 9.17) is 5.26 Å². The van der Waals surface area contributed by atoms with Gasteiger partial charge in [0.2, 0.25) is 0 Å². The monoisotopic (exact) mass is 173 g/mol. The molecule has 62 valence electrons. The number of ether oxygens (including phenoxy) is 1. The zero-order valence-corrected chi connectivity index (χ0v) is 7.48. The van der Waals surface area contributed by atoms with Crippen molar-refractivity contribution in [3.8, 4) is 6.07 Å². The number of thioether (sulfide) groups is 1. The number of esters is 1. The van der Waals surface area contributed by atoms with Crippen molar-refractivity contribution >= 4 is 17.7 Å². The van der Waals surface area contributed by atoms with Crippen LogP contribution in [0.5, 0.6) is 0 Å². The Morgan fingerprint density at radius 1 is 1.82 bits per heavy atom. The molecule has 0 spiro atoms. The largest absolute Gasteiger partial charge is 0.465 e. The highest BCUT2D eigenvalue weighted by Crippen LogP contribution is 2.08. The predicted octanol–water partition coefficient (Wildman–Crippen LogP) is 1.19. The van der Waals surface area contributed by atoms with E-state index in [1.807, 2.05) is 6.07 Å². The molecule has 0 aliphatic carbocycles. The maximum absolute atomic E-state index is 10.7. The van der Waals surface area contributed by atoms with Crippen LogP contribution in [0.4, 0.5) is 0 Å². The van der Waals surface area contributed by atoms with Gasteiger partial charge in [-0.15, -0.1) is 11.8 Å². The summed E-state index contributed by atoms with van der Waals surface area (Å²) in [7, 11) is 0. The van der Waals surface area contributed by atoms with Gasteiger partial charge in [-0.3, -0.25) is 4.79 Å². The van der Waals surface area contributed by atoms with Gasteiger partial charge in [-0.1, -0.05) is 0 Å². The van der Waals surface area contributed by atoms with Crippen molar-refractivity contribution in [2.75, 3.05) is 12.4 Å². The summed E-state index contributed by atoms with van der Waals surface area (Å²) in [6.45, 7) is 3.92. The first-order valence-electron chi connectivity index (χ1n) is 3.37. The molecule has 0 saturated heterocycles. The first-order valence-corrected chi connectivity index (χ1v) is 4.42. The van der Waals surface area contributed by atoms with Crippen LogP contribution >= 0.6 is 11.8 Å². The molecule has 1 atom stereocenters. The Hall–Kier alpha value is -0.690. The molecule has 1 unspecified atom stereocenters. The lowest BCUT2D eigenvalue weighted by molar-refractivity contribution is -0.139. The van der Waals surface area contributed by atoms with E-state index in [-0.39, 0.29) is 17.0 Å². The van der Waals surface area contributed by atoms with Crippen molar-refractivity contribution in [1.82, 2.24) is 0 Å². The molecule has 0 aromatic heterocycles. The number of nitrogens with zero attached hydrogens (tertiary/aromatic N) is 1. The lowest BCUT2D eigenvalue weighted by Crippen LogP contribution is -2.08. The van der Waals surface area contributed by atoms with E-state index in [1.165, 1.54) is 11.8 Å². The van der Waals surface area contributed by atoms with E-state index in [0.29, 0.717) is 6.61 Å². The second-order valence-corrected chi connectivity index (χ2v) is 3.22. The minimum Gasteiger partial charge on any atom is -0.465 e. The molecule has 3 nitrogen and oxygen atoms in total. The lowest BCUT2D eigenvalue weighted by atomic mass is 10.5. The maximum atomic E-state index is 10.7. The zero-order valence-electron chi connectivity index (χ0n) is 6.66. The number of nitriles is 1. The molecule has 0 amide bonds. The number of carbonyl (C=O) groups is 1. The van der Waals surface area contributed by atoms with Crippen LogP contribution in [-0.2, 0) is 9.53 Å². The fourth-order valence-corrected chi connectivity index (χ4v) is 0.977. The van der Waals surface area contributed by atoms with Gasteiger partial charge in [-0.25, -0.2) is 0 Å². The molecular formula is C7H11NO2S. The van der Waals surface area contributed by atoms with Gasteiger partial charge in [0, 0.05) is 0 Å². The van der Waals surface area contributed by atoms with Crippen molar-refractivity contribution in [3.05, 3.63) is 0 Å². The molecule has 0 aliphatic rings. The normalized spacial score (nSPS) is 11.7. The van der Waals surface area contributed by atoms with Gasteiger partial charge in [0.05, 0.1) is 23.7 Å². The molecule has 0 radical (unpaired) electrons. The summed E-state index contributed by atoms with van der Waals surface area (Å²) in [4.78, 5) is 10.7. The van der Waals surface area contributed by atoms with Crippen LogP contribution in [0.15, 0.2) is 0 Å². The quantitative estimate of drug-likeness (QED) is 0.599. The second kappa shape index (κ2) is 6.05. The molecule has 11 heavy (non-hydrogen) atoms. The SMILES string of the molecule is CCOC(=O)CSC(C)C#N. The van der Waals surface area contributed by atoms with Gasteiger partial charge in [-0.05, 0) is 13.8 Å². The van der Waals surface area contributed by atoms with Gasteiger partial charge in [0.15, 0.2) is 0 Å². The van der Waals surface area contributed by atoms with Crippen molar-refractivity contribution in [2.24, 2.45) is 0 Å². The van der Waals surface area contributed by atoms with Crippen molar-refractivity contribution in [3.63, 3.8) is 0 Å². The molecule has 0 aliphatic heterocycles. The van der Waals surface area contributed by atoms with Gasteiger partial charge in [0.1, 0.15) is 0 Å². The molecule has 0 saturated carbocycles. The minimum absolute atomic E-state index is 0.139. The molecule has 0 fully saturated rings. The summed E-state index contributed by atoms with van der Waals surface area (Å²) in [6, 6.07) is 2.02. The van der Waals surface area contributed by atoms with Gasteiger partial charge in [0.25, 0.3) is 0 Å². The third-order valence-corrected chi connectivity index (χ3v) is 1.95. The standard InChI is InChI=1S/C7H11NO2S/c1-3-10-7(9)5-11-6(2)4-8/h6H,3,5H2,1-2H3. The summed E-state index contributed by atoms with van der Waals surface area (Å²) >= 11 is 1.29. The summed E-state index contributed by atoms with van der Waals surface area (Å²) in [5.41, 5.74) is 0. The van der Waals surface area contributed by atoms with Gasteiger partial charge >= 0.3 is 5.97 Å². The Morgan fingerprint density at radius 3 is 2.91 bits per heavy atom. The predicted molar refractivity (Wildman–Crippen MR) is 44.2 cm³/mol. The van der Waals surface area contributed by atoms with E-state index in [1.54, 1.807) is 13.8 Å². The summed E-state index contributed by atoms with van der Waals surface area (Å²) < 4.78 is 4.67. The Kier molecular flexibility index (Phi) is 5.67. The van der Waals surface area contributed by atoms with E-state index in [9.17, 15) is 4.79 Å². The van der Waals surface area contributed by atoms with Gasteiger partial charge in [-0.2, -0.15) is 5.26 Å². The fraction of sp³-hybridized carbons (Fsp3) is 0.714. The van der Waals surface area contributed by atoms with Crippen LogP contribution < -0.4 is 0 Å². The van der Waals surface area contributed by atoms with E-state index in [2.05, 4.69) is 4.74 Å². The highest BCUT2D eigenvalue weighted by molar-refractivity contribution is 8.00. The second-order valence-electron chi connectivity index (χ2n) is 1.89. The van der Waals surface area contributed by atoms with Crippen LogP contribution in [0.3, 0.4) is 0 Å². The number of hydrogen-bond acceptors (Lipinski definition) is 4. The third-order valence-electron chi connectivity index (χ3n) is 0.938. The molecule has 0 bridgehead atoms. The van der Waals surface area contributed by atoms with E-state index < -0.39 is 0 Å². The molecule has 0 aromatic rings. The van der Waals surface area contributed by atoms with Crippen molar-refractivity contribution < 1.29 is 9.53 Å². The third kappa shape index (κ3) is 5.74. The highest BCUT2D eigenvalue weighted by atomic mass is 32.2. The zero-order chi connectivity index (χ0) is 8.69. The average molecular weight is 173 g/mol. The molecule has 4 heteroatoms. The minimum atomic E-state index is -0.250. The van der Waals surface area contributed by atoms with E-state index >= 15 is 0 Å². The Balaban J connectivity index is 3.39. The molecule has 0 heterocycles. The van der Waals surface area contributed by atoms with E-state index in [0.717, 1.165) is 0 Å². The Morgan fingerprint density at radius 2 is 2.45 bits per heavy atom. The average Bonchev–Trinajstić information content (AvgIpc) is 2.01. The van der Waals surface area contributed by atoms with Crippen LogP contribution in [0, 0.1) is 11.3 Å². The fourth-order valence-electron chi connectivity index (χ4n) is 0.433. The summed E-state index contributed by atoms with van der Waals surface area (Å²) in [5, 5.41) is 8.22. The lowest BCUT2D eigenvalue weighted by Gasteiger charge is -2.01. The summed E-state index contributed by atoms with van der Waals surface area (Å²) in [6.07, 6.45) is 0. The van der Waals surface area contributed by atoms with Crippen molar-refractivity contribution in [2.45, 2.75) is 19.1 Å². The van der Waals surface area contributed by atoms with Gasteiger partial charge < -0.3 is 4.74 Å².